The van der Waals surface area contributed by atoms with Crippen molar-refractivity contribution < 1.29 is 0 Å². The SMILES string of the molecule is C1CCC2C(C1)C1CCCPC1C2C1(C2CCCC2)CCC1. The van der Waals surface area contributed by atoms with Crippen LogP contribution >= 0.6 is 8.58 Å². The summed E-state index contributed by atoms with van der Waals surface area (Å²) in [5.41, 5.74) is 2.06. The van der Waals surface area contributed by atoms with Crippen LogP contribution in [0.1, 0.15) is 83.5 Å². The van der Waals surface area contributed by atoms with E-state index >= 15 is 0 Å². The van der Waals surface area contributed by atoms with Gasteiger partial charge in [-0.15, -0.1) is 8.58 Å². The Morgan fingerprint density at radius 3 is 2.05 bits per heavy atom. The van der Waals surface area contributed by atoms with E-state index in [2.05, 4.69) is 0 Å². The van der Waals surface area contributed by atoms with Gasteiger partial charge in [0.15, 0.2) is 0 Å². The molecule has 22 heavy (non-hydrogen) atoms. The third-order valence-electron chi connectivity index (χ3n) is 8.95. The maximum atomic E-state index is 1.64. The maximum Gasteiger partial charge on any atom is -0.0169 e. The van der Waals surface area contributed by atoms with Gasteiger partial charge in [-0.1, -0.05) is 32.1 Å². The van der Waals surface area contributed by atoms with Crippen LogP contribution in [-0.4, -0.2) is 11.8 Å². The highest BCUT2D eigenvalue weighted by Gasteiger charge is 2.61. The highest BCUT2D eigenvalue weighted by Crippen LogP contribution is 2.69. The fourth-order valence-electron chi connectivity index (χ4n) is 8.13. The average Bonchev–Trinajstić information content (AvgIpc) is 3.15. The lowest BCUT2D eigenvalue weighted by Gasteiger charge is -2.56. The van der Waals surface area contributed by atoms with E-state index in [1.54, 1.807) is 89.6 Å². The van der Waals surface area contributed by atoms with Crippen LogP contribution in [0.3, 0.4) is 0 Å². The minimum atomic E-state index is 0.862. The molecule has 0 spiro atoms. The summed E-state index contributed by atoms with van der Waals surface area (Å²) in [4.78, 5) is 0. The highest BCUT2D eigenvalue weighted by atomic mass is 31.1. The molecule has 6 unspecified atom stereocenters. The van der Waals surface area contributed by atoms with Crippen molar-refractivity contribution in [3.63, 3.8) is 0 Å². The molecule has 0 N–H and O–H groups in total. The second-order valence-corrected chi connectivity index (χ2v) is 11.1. The monoisotopic (exact) mass is 318 g/mol. The molecule has 0 aromatic carbocycles. The summed E-state index contributed by atoms with van der Waals surface area (Å²) < 4.78 is 0. The van der Waals surface area contributed by atoms with Gasteiger partial charge in [-0.25, -0.2) is 0 Å². The molecule has 5 fully saturated rings. The molecule has 124 valence electrons. The first-order chi connectivity index (χ1) is 10.9. The van der Waals surface area contributed by atoms with Gasteiger partial charge in [0.25, 0.3) is 0 Å². The van der Waals surface area contributed by atoms with Crippen molar-refractivity contribution in [2.75, 3.05) is 6.16 Å². The quantitative estimate of drug-likeness (QED) is 0.529. The second kappa shape index (κ2) is 5.75. The van der Waals surface area contributed by atoms with Crippen LogP contribution in [0.15, 0.2) is 0 Å². The summed E-state index contributed by atoms with van der Waals surface area (Å²) in [5, 5.41) is 0. The van der Waals surface area contributed by atoms with Crippen LogP contribution < -0.4 is 0 Å². The Labute approximate surface area is 139 Å². The molecule has 0 aromatic heterocycles. The Bertz CT molecular complexity index is 384. The molecule has 5 rings (SSSR count). The van der Waals surface area contributed by atoms with E-state index in [0.29, 0.717) is 0 Å². The summed E-state index contributed by atoms with van der Waals surface area (Å²) in [6, 6.07) is 0. The van der Waals surface area contributed by atoms with E-state index in [4.69, 9.17) is 0 Å². The standard InChI is InChI=1S/C21H35P/c1-2-8-15(7-1)21(12-6-13-21)19-17-10-4-3-9-16(17)18-11-5-14-22-20(18)19/h15-20,22H,1-14H2. The first kappa shape index (κ1) is 14.7. The second-order valence-electron chi connectivity index (χ2n) is 9.49. The predicted molar refractivity (Wildman–Crippen MR) is 96.9 cm³/mol. The lowest BCUT2D eigenvalue weighted by Crippen LogP contribution is -2.48. The Kier molecular flexibility index (Phi) is 3.86. The fourth-order valence-corrected chi connectivity index (χ4v) is 10.4. The van der Waals surface area contributed by atoms with Crippen molar-refractivity contribution in [2.45, 2.75) is 89.1 Å². The lowest BCUT2D eigenvalue weighted by molar-refractivity contribution is -0.0418. The molecule has 4 aliphatic carbocycles. The molecule has 1 aliphatic heterocycles. The summed E-state index contributed by atoms with van der Waals surface area (Å²) >= 11 is 0. The minimum absolute atomic E-state index is 0.862. The smallest absolute Gasteiger partial charge is 0.0169 e. The van der Waals surface area contributed by atoms with Crippen molar-refractivity contribution in [3.8, 4) is 0 Å². The lowest BCUT2D eigenvalue weighted by atomic mass is 9.51. The first-order valence-electron chi connectivity index (χ1n) is 10.6. The summed E-state index contributed by atoms with van der Waals surface area (Å²) in [6.07, 6.45) is 22.4. The molecule has 0 aromatic rings. The van der Waals surface area contributed by atoms with Crippen molar-refractivity contribution in [1.82, 2.24) is 0 Å². The van der Waals surface area contributed by atoms with Gasteiger partial charge in [-0.2, -0.15) is 0 Å². The molecule has 0 nitrogen and oxygen atoms in total. The normalized spacial score (nSPS) is 48.8. The third kappa shape index (κ3) is 2.04. The molecule has 1 heteroatoms. The zero-order valence-electron chi connectivity index (χ0n) is 14.4. The van der Waals surface area contributed by atoms with Gasteiger partial charge in [0.05, 0.1) is 0 Å². The zero-order chi connectivity index (χ0) is 14.6. The number of rotatable bonds is 2. The summed E-state index contributed by atoms with van der Waals surface area (Å²) in [5.74, 6) is 5.88. The van der Waals surface area contributed by atoms with Gasteiger partial charge in [0.1, 0.15) is 0 Å². The Morgan fingerprint density at radius 1 is 0.636 bits per heavy atom. The van der Waals surface area contributed by atoms with E-state index in [1.165, 1.54) is 37.9 Å². The number of hydrogen-bond acceptors (Lipinski definition) is 0. The molecule has 0 bridgehead atoms. The van der Waals surface area contributed by atoms with Gasteiger partial charge in [-0.3, -0.25) is 0 Å². The van der Waals surface area contributed by atoms with Crippen molar-refractivity contribution in [1.29, 1.82) is 0 Å². The molecule has 0 radical (unpaired) electrons. The molecular weight excluding hydrogens is 283 g/mol. The van der Waals surface area contributed by atoms with Gasteiger partial charge < -0.3 is 0 Å². The van der Waals surface area contributed by atoms with E-state index in [1.807, 2.05) is 0 Å². The predicted octanol–water partition coefficient (Wildman–Crippen LogP) is 6.24. The fraction of sp³-hybridized carbons (Fsp3) is 1.00. The topological polar surface area (TPSA) is 0 Å². The molecule has 0 amide bonds. The molecule has 1 heterocycles. The van der Waals surface area contributed by atoms with Gasteiger partial charge in [-0.05, 0) is 98.2 Å². The van der Waals surface area contributed by atoms with Gasteiger partial charge >= 0.3 is 0 Å². The molecular formula is C21H35P. The van der Waals surface area contributed by atoms with E-state index in [9.17, 15) is 0 Å². The molecule has 6 atom stereocenters. The van der Waals surface area contributed by atoms with Crippen LogP contribution in [-0.2, 0) is 0 Å². The first-order valence-corrected chi connectivity index (χ1v) is 11.9. The Morgan fingerprint density at radius 2 is 1.32 bits per heavy atom. The summed E-state index contributed by atoms with van der Waals surface area (Å²) in [7, 11) is 1.35. The van der Waals surface area contributed by atoms with E-state index < -0.39 is 0 Å². The van der Waals surface area contributed by atoms with Crippen molar-refractivity contribution in [3.05, 3.63) is 0 Å². The van der Waals surface area contributed by atoms with Crippen molar-refractivity contribution >= 4 is 8.58 Å². The maximum absolute atomic E-state index is 1.64. The van der Waals surface area contributed by atoms with Crippen LogP contribution in [0.2, 0.25) is 0 Å². The van der Waals surface area contributed by atoms with Gasteiger partial charge in [0, 0.05) is 0 Å². The molecule has 5 aliphatic rings. The Balaban J connectivity index is 1.50. The molecule has 1 saturated heterocycles. The minimum Gasteiger partial charge on any atom is -0.118 e. The highest BCUT2D eigenvalue weighted by molar-refractivity contribution is 7.39. The largest absolute Gasteiger partial charge is 0.118 e. The molecule has 4 saturated carbocycles. The summed E-state index contributed by atoms with van der Waals surface area (Å²) in [6.45, 7) is 0. The van der Waals surface area contributed by atoms with E-state index in [0.717, 1.165) is 11.3 Å². The third-order valence-corrected chi connectivity index (χ3v) is 10.8. The van der Waals surface area contributed by atoms with Crippen LogP contribution in [0.25, 0.3) is 0 Å². The van der Waals surface area contributed by atoms with Crippen molar-refractivity contribution in [2.24, 2.45) is 35.0 Å². The van der Waals surface area contributed by atoms with Crippen LogP contribution in [0.4, 0.5) is 0 Å². The Hall–Kier alpha value is 0.430. The number of fused-ring (bicyclic) bond motifs is 3. The van der Waals surface area contributed by atoms with Crippen LogP contribution in [0, 0.1) is 35.0 Å². The van der Waals surface area contributed by atoms with Gasteiger partial charge in [0.2, 0.25) is 0 Å². The van der Waals surface area contributed by atoms with Crippen LogP contribution in [0.5, 0.6) is 0 Å². The van der Waals surface area contributed by atoms with E-state index in [-0.39, 0.29) is 0 Å². The zero-order valence-corrected chi connectivity index (χ0v) is 15.4. The number of hydrogen-bond donors (Lipinski definition) is 0. The average molecular weight is 318 g/mol.